The highest BCUT2D eigenvalue weighted by atomic mass is 32.1. The maximum absolute atomic E-state index is 5.64. The lowest BCUT2D eigenvalue weighted by molar-refractivity contribution is 1.02. The van der Waals surface area contributed by atoms with Crippen molar-refractivity contribution in [3.8, 4) is 17.2 Å². The summed E-state index contributed by atoms with van der Waals surface area (Å²) < 4.78 is 10.1. The van der Waals surface area contributed by atoms with Crippen molar-refractivity contribution < 1.29 is 0 Å². The molecule has 5 aromatic heterocycles. The summed E-state index contributed by atoms with van der Waals surface area (Å²) in [4.78, 5) is 11.1. The number of rotatable bonds is 2. The van der Waals surface area contributed by atoms with Gasteiger partial charge in [0, 0.05) is 77.5 Å². The maximum Gasteiger partial charge on any atom is 0.235 e. The molecule has 240 valence electrons. The van der Waals surface area contributed by atoms with Crippen LogP contribution in [0.15, 0.2) is 140 Å². The van der Waals surface area contributed by atoms with Crippen LogP contribution in [-0.2, 0) is 0 Å². The number of fused-ring (bicyclic) bond motifs is 12. The topological polar surface area (TPSA) is 30.7 Å². The van der Waals surface area contributed by atoms with Gasteiger partial charge >= 0.3 is 0 Å². The molecule has 0 aliphatic rings. The number of benzene rings is 8. The standard InChI is InChI=1S/C46H23N3S3/c1-5-16-33-28(12-1)42(31-15-9-14-27-25-10-2-6-17-35(25)51-44(27)31)48-46(47-33)49-34-23-38-40(29-13-4-8-19-37(29)50-38)30-21-20-24-22-32-26-11-3-7-18-36(26)52-45(32)43(49)39(24)41(30)34/h1-23H. The van der Waals surface area contributed by atoms with Crippen molar-refractivity contribution >= 4 is 138 Å². The fraction of sp³-hybridized carbons (Fsp3) is 0. The number of nitrogens with zero attached hydrogens (tertiary/aromatic N) is 3. The van der Waals surface area contributed by atoms with E-state index >= 15 is 0 Å². The van der Waals surface area contributed by atoms with Gasteiger partial charge in [0.1, 0.15) is 0 Å². The van der Waals surface area contributed by atoms with Crippen molar-refractivity contribution in [3.05, 3.63) is 140 Å². The molecule has 0 amide bonds. The van der Waals surface area contributed by atoms with E-state index < -0.39 is 0 Å². The van der Waals surface area contributed by atoms with Crippen molar-refractivity contribution in [2.45, 2.75) is 0 Å². The van der Waals surface area contributed by atoms with E-state index in [1.807, 2.05) is 34.0 Å². The first-order valence-electron chi connectivity index (χ1n) is 17.4. The number of aromatic nitrogens is 3. The lowest BCUT2D eigenvalue weighted by Crippen LogP contribution is -2.03. The molecule has 52 heavy (non-hydrogen) atoms. The SMILES string of the molecule is c1ccc2c(-c3cccc4c3sc3ccccc34)nc(-n3c4cc5sc6ccccc6c5c5ccc6cc7c8ccccc8sc7c3c6c54)nc2c1. The van der Waals surface area contributed by atoms with Gasteiger partial charge in [-0.2, -0.15) is 0 Å². The van der Waals surface area contributed by atoms with Crippen LogP contribution in [0.2, 0.25) is 0 Å². The van der Waals surface area contributed by atoms with Crippen LogP contribution in [0, 0.1) is 0 Å². The molecule has 0 atom stereocenters. The minimum Gasteiger partial charge on any atom is -0.276 e. The lowest BCUT2D eigenvalue weighted by Gasteiger charge is -2.13. The zero-order chi connectivity index (χ0) is 33.7. The summed E-state index contributed by atoms with van der Waals surface area (Å²) in [7, 11) is 0. The fourth-order valence-electron chi connectivity index (χ4n) is 8.78. The zero-order valence-electron chi connectivity index (χ0n) is 27.3. The predicted octanol–water partition coefficient (Wildman–Crippen LogP) is 14.1. The molecule has 6 heteroatoms. The van der Waals surface area contributed by atoms with Crippen LogP contribution in [0.3, 0.4) is 0 Å². The summed E-state index contributed by atoms with van der Waals surface area (Å²) in [5.74, 6) is 0.705. The third-order valence-corrected chi connectivity index (χ3v) is 14.5. The fourth-order valence-corrected chi connectivity index (χ4v) is 12.4. The van der Waals surface area contributed by atoms with Crippen LogP contribution in [0.4, 0.5) is 0 Å². The van der Waals surface area contributed by atoms with Crippen LogP contribution in [-0.4, -0.2) is 14.5 Å². The van der Waals surface area contributed by atoms with Gasteiger partial charge in [0.25, 0.3) is 0 Å². The lowest BCUT2D eigenvalue weighted by atomic mass is 9.97. The van der Waals surface area contributed by atoms with Crippen molar-refractivity contribution in [3.63, 3.8) is 0 Å². The Morgan fingerprint density at radius 3 is 1.92 bits per heavy atom. The van der Waals surface area contributed by atoms with Gasteiger partial charge in [0.15, 0.2) is 0 Å². The first-order chi connectivity index (χ1) is 25.8. The summed E-state index contributed by atoms with van der Waals surface area (Å²) in [6, 6.07) is 51.0. The summed E-state index contributed by atoms with van der Waals surface area (Å²) in [6.07, 6.45) is 0. The molecular weight excluding hydrogens is 691 g/mol. The van der Waals surface area contributed by atoms with Gasteiger partial charge in [-0.1, -0.05) is 103 Å². The Bertz CT molecular complexity index is 3650. The van der Waals surface area contributed by atoms with E-state index in [0.717, 1.165) is 27.7 Å². The molecule has 0 aliphatic heterocycles. The summed E-state index contributed by atoms with van der Waals surface area (Å²) >= 11 is 5.59. The average Bonchev–Trinajstić information content (AvgIpc) is 3.95. The molecule has 0 spiro atoms. The van der Waals surface area contributed by atoms with E-state index in [2.05, 4.69) is 144 Å². The van der Waals surface area contributed by atoms with Crippen molar-refractivity contribution in [2.75, 3.05) is 0 Å². The smallest absolute Gasteiger partial charge is 0.235 e. The first-order valence-corrected chi connectivity index (χ1v) is 19.9. The van der Waals surface area contributed by atoms with Crippen molar-refractivity contribution in [2.24, 2.45) is 0 Å². The molecule has 0 radical (unpaired) electrons. The Hall–Kier alpha value is -5.92. The molecule has 0 fully saturated rings. The Morgan fingerprint density at radius 2 is 1.10 bits per heavy atom. The highest BCUT2D eigenvalue weighted by Gasteiger charge is 2.26. The van der Waals surface area contributed by atoms with Gasteiger partial charge in [-0.3, -0.25) is 4.57 Å². The number of hydrogen-bond donors (Lipinski definition) is 0. The molecule has 13 aromatic rings. The third kappa shape index (κ3) is 3.49. The van der Waals surface area contributed by atoms with Crippen LogP contribution in [0.5, 0.6) is 0 Å². The summed E-state index contributed by atoms with van der Waals surface area (Å²) in [5.41, 5.74) is 5.40. The maximum atomic E-state index is 5.64. The van der Waals surface area contributed by atoms with Gasteiger partial charge in [-0.15, -0.1) is 34.0 Å². The Morgan fingerprint density at radius 1 is 0.423 bits per heavy atom. The summed E-state index contributed by atoms with van der Waals surface area (Å²) in [5, 5.41) is 13.9. The van der Waals surface area contributed by atoms with Gasteiger partial charge in [-0.25, -0.2) is 9.97 Å². The Balaban J connectivity index is 1.24. The normalized spacial score (nSPS) is 12.6. The Labute approximate surface area is 307 Å². The molecule has 0 N–H and O–H groups in total. The second-order valence-corrected chi connectivity index (χ2v) is 16.8. The monoisotopic (exact) mass is 713 g/mol. The van der Waals surface area contributed by atoms with Crippen LogP contribution >= 0.6 is 34.0 Å². The van der Waals surface area contributed by atoms with E-state index in [9.17, 15) is 0 Å². The molecule has 0 saturated heterocycles. The van der Waals surface area contributed by atoms with E-state index in [1.165, 1.54) is 87.6 Å². The molecule has 0 aliphatic carbocycles. The molecule has 0 unspecified atom stereocenters. The van der Waals surface area contributed by atoms with Gasteiger partial charge in [-0.05, 0) is 47.2 Å². The van der Waals surface area contributed by atoms with Crippen LogP contribution in [0.25, 0.3) is 121 Å². The highest BCUT2D eigenvalue weighted by Crippen LogP contribution is 2.50. The zero-order valence-corrected chi connectivity index (χ0v) is 29.8. The second kappa shape index (κ2) is 9.90. The first kappa shape index (κ1) is 27.8. The molecule has 0 saturated carbocycles. The quantitative estimate of drug-likeness (QED) is 0.167. The molecule has 3 nitrogen and oxygen atoms in total. The molecule has 0 bridgehead atoms. The number of para-hydroxylation sites is 1. The summed E-state index contributed by atoms with van der Waals surface area (Å²) in [6.45, 7) is 0. The molecule has 8 aromatic carbocycles. The van der Waals surface area contributed by atoms with Crippen LogP contribution in [0.1, 0.15) is 0 Å². The van der Waals surface area contributed by atoms with E-state index in [4.69, 9.17) is 9.97 Å². The predicted molar refractivity (Wildman–Crippen MR) is 227 cm³/mol. The van der Waals surface area contributed by atoms with E-state index in [-0.39, 0.29) is 0 Å². The minimum absolute atomic E-state index is 0.705. The molecule has 13 rings (SSSR count). The largest absolute Gasteiger partial charge is 0.276 e. The van der Waals surface area contributed by atoms with Gasteiger partial charge < -0.3 is 0 Å². The number of thiophene rings is 3. The Kier molecular flexibility index (Phi) is 5.28. The molecular formula is C46H23N3S3. The second-order valence-electron chi connectivity index (χ2n) is 13.7. The van der Waals surface area contributed by atoms with Gasteiger partial charge in [0.2, 0.25) is 5.95 Å². The van der Waals surface area contributed by atoms with Gasteiger partial charge in [0.05, 0.1) is 26.9 Å². The molecule has 5 heterocycles. The third-order valence-electron chi connectivity index (χ3n) is 11.0. The minimum atomic E-state index is 0.705. The van der Waals surface area contributed by atoms with Crippen molar-refractivity contribution in [1.82, 2.24) is 14.5 Å². The van der Waals surface area contributed by atoms with E-state index in [1.54, 1.807) is 0 Å². The van der Waals surface area contributed by atoms with Crippen LogP contribution < -0.4 is 0 Å². The average molecular weight is 714 g/mol. The highest BCUT2D eigenvalue weighted by molar-refractivity contribution is 7.27. The van der Waals surface area contributed by atoms with Crippen molar-refractivity contribution in [1.29, 1.82) is 0 Å². The van der Waals surface area contributed by atoms with E-state index in [0.29, 0.717) is 5.95 Å². The number of hydrogen-bond acceptors (Lipinski definition) is 5.